The summed E-state index contributed by atoms with van der Waals surface area (Å²) in [6.45, 7) is 8.20. The van der Waals surface area contributed by atoms with Crippen molar-refractivity contribution in [3.05, 3.63) is 24.0 Å². The van der Waals surface area contributed by atoms with Crippen LogP contribution in [0.1, 0.15) is 38.8 Å². The monoisotopic (exact) mass is 291 g/mol. The van der Waals surface area contributed by atoms with Crippen molar-refractivity contribution in [3.63, 3.8) is 0 Å². The first-order valence-electron chi connectivity index (χ1n) is 8.14. The first-order chi connectivity index (χ1) is 10.1. The van der Waals surface area contributed by atoms with Crippen LogP contribution in [-0.4, -0.2) is 42.7 Å². The fraction of sp³-hybridized carbons (Fsp3) is 0.706. The van der Waals surface area contributed by atoms with Crippen LogP contribution in [0, 0.1) is 5.92 Å². The predicted molar refractivity (Wildman–Crippen MR) is 86.5 cm³/mol. The van der Waals surface area contributed by atoms with Crippen molar-refractivity contribution in [2.75, 3.05) is 26.7 Å². The number of hydrogen-bond acceptors (Lipinski definition) is 4. The molecule has 1 aromatic heterocycles. The molecule has 0 aromatic carbocycles. The van der Waals surface area contributed by atoms with E-state index in [1.807, 2.05) is 12.3 Å². The van der Waals surface area contributed by atoms with E-state index in [2.05, 4.69) is 42.2 Å². The molecule has 1 fully saturated rings. The molecule has 1 N–H and O–H groups in total. The van der Waals surface area contributed by atoms with E-state index in [4.69, 9.17) is 4.74 Å². The largest absolute Gasteiger partial charge is 0.492 e. The van der Waals surface area contributed by atoms with Crippen molar-refractivity contribution >= 4 is 0 Å². The fourth-order valence-corrected chi connectivity index (χ4v) is 2.68. The molecule has 1 atom stereocenters. The Morgan fingerprint density at radius 1 is 1.43 bits per heavy atom. The number of piperidine rings is 1. The third-order valence-electron chi connectivity index (χ3n) is 4.01. The molecule has 118 valence electrons. The number of ether oxygens (including phenoxy) is 1. The Balaban J connectivity index is 1.80. The van der Waals surface area contributed by atoms with E-state index in [1.165, 1.54) is 25.8 Å². The van der Waals surface area contributed by atoms with Crippen LogP contribution >= 0.6 is 0 Å². The third kappa shape index (κ3) is 5.64. The Labute approximate surface area is 128 Å². The lowest BCUT2D eigenvalue weighted by atomic mass is 10.0. The SMILES string of the molecule is CC(C)CNCc1cc(OCC2CCCCN2C)ccn1. The van der Waals surface area contributed by atoms with Crippen LogP contribution in [-0.2, 0) is 6.54 Å². The van der Waals surface area contributed by atoms with Gasteiger partial charge in [-0.05, 0) is 45.0 Å². The maximum Gasteiger partial charge on any atom is 0.122 e. The van der Waals surface area contributed by atoms with Crippen LogP contribution < -0.4 is 10.1 Å². The Hall–Kier alpha value is -1.13. The molecule has 0 bridgehead atoms. The molecule has 0 amide bonds. The molecule has 0 saturated carbocycles. The van der Waals surface area contributed by atoms with Crippen LogP contribution in [0.5, 0.6) is 5.75 Å². The number of rotatable bonds is 7. The minimum absolute atomic E-state index is 0.550. The molecule has 1 aromatic rings. The van der Waals surface area contributed by atoms with Crippen molar-refractivity contribution in [1.82, 2.24) is 15.2 Å². The van der Waals surface area contributed by atoms with Gasteiger partial charge in [0, 0.05) is 24.8 Å². The minimum Gasteiger partial charge on any atom is -0.492 e. The number of hydrogen-bond donors (Lipinski definition) is 1. The van der Waals surface area contributed by atoms with Gasteiger partial charge < -0.3 is 15.0 Å². The molecule has 2 heterocycles. The summed E-state index contributed by atoms with van der Waals surface area (Å²) < 4.78 is 5.97. The highest BCUT2D eigenvalue weighted by Gasteiger charge is 2.19. The average molecular weight is 291 g/mol. The van der Waals surface area contributed by atoms with E-state index < -0.39 is 0 Å². The molecule has 21 heavy (non-hydrogen) atoms. The Bertz CT molecular complexity index is 422. The number of nitrogens with zero attached hydrogens (tertiary/aromatic N) is 2. The highest BCUT2D eigenvalue weighted by molar-refractivity contribution is 5.22. The van der Waals surface area contributed by atoms with Crippen molar-refractivity contribution < 1.29 is 4.74 Å². The van der Waals surface area contributed by atoms with E-state index in [0.717, 1.165) is 31.1 Å². The third-order valence-corrected chi connectivity index (χ3v) is 4.01. The van der Waals surface area contributed by atoms with Gasteiger partial charge in [0.2, 0.25) is 0 Å². The zero-order chi connectivity index (χ0) is 15.1. The highest BCUT2D eigenvalue weighted by Crippen LogP contribution is 2.17. The van der Waals surface area contributed by atoms with Crippen LogP contribution in [0.2, 0.25) is 0 Å². The first-order valence-corrected chi connectivity index (χ1v) is 8.14. The van der Waals surface area contributed by atoms with Gasteiger partial charge in [0.1, 0.15) is 12.4 Å². The van der Waals surface area contributed by atoms with Gasteiger partial charge in [-0.25, -0.2) is 0 Å². The van der Waals surface area contributed by atoms with Crippen LogP contribution in [0.25, 0.3) is 0 Å². The first kappa shape index (κ1) is 16.2. The predicted octanol–water partition coefficient (Wildman–Crippen LogP) is 2.69. The number of pyridine rings is 1. The highest BCUT2D eigenvalue weighted by atomic mass is 16.5. The fourth-order valence-electron chi connectivity index (χ4n) is 2.68. The summed E-state index contributed by atoms with van der Waals surface area (Å²) in [4.78, 5) is 6.81. The molecular weight excluding hydrogens is 262 g/mol. The van der Waals surface area contributed by atoms with Gasteiger partial charge in [-0.1, -0.05) is 20.3 Å². The Morgan fingerprint density at radius 2 is 2.29 bits per heavy atom. The molecule has 1 aliphatic heterocycles. The maximum atomic E-state index is 5.97. The van der Waals surface area contributed by atoms with Gasteiger partial charge in [0.05, 0.1) is 5.69 Å². The molecule has 4 nitrogen and oxygen atoms in total. The van der Waals surface area contributed by atoms with Crippen molar-refractivity contribution in [1.29, 1.82) is 0 Å². The molecule has 1 unspecified atom stereocenters. The molecule has 0 spiro atoms. The summed E-state index contributed by atoms with van der Waals surface area (Å²) in [5, 5.41) is 3.41. The lowest BCUT2D eigenvalue weighted by Crippen LogP contribution is -2.40. The molecule has 0 aliphatic carbocycles. The maximum absolute atomic E-state index is 5.97. The summed E-state index contributed by atoms with van der Waals surface area (Å²) in [5.74, 6) is 1.59. The van der Waals surface area contributed by atoms with Gasteiger partial charge >= 0.3 is 0 Å². The number of nitrogens with one attached hydrogen (secondary N) is 1. The van der Waals surface area contributed by atoms with E-state index in [9.17, 15) is 0 Å². The van der Waals surface area contributed by atoms with Gasteiger partial charge in [-0.2, -0.15) is 0 Å². The quantitative estimate of drug-likeness (QED) is 0.838. The molecule has 1 aliphatic rings. The number of likely N-dealkylation sites (N-methyl/N-ethyl adjacent to an activating group) is 1. The standard InChI is InChI=1S/C17H29N3O/c1-14(2)11-18-12-15-10-17(7-8-19-15)21-13-16-6-4-5-9-20(16)3/h7-8,10,14,16,18H,4-6,9,11-13H2,1-3H3. The van der Waals surface area contributed by atoms with Crippen LogP contribution in [0.15, 0.2) is 18.3 Å². The summed E-state index contributed by atoms with van der Waals surface area (Å²) in [6, 6.07) is 4.56. The summed E-state index contributed by atoms with van der Waals surface area (Å²) in [5.41, 5.74) is 1.05. The smallest absolute Gasteiger partial charge is 0.122 e. The van der Waals surface area contributed by atoms with Crippen molar-refractivity contribution in [3.8, 4) is 5.75 Å². The minimum atomic E-state index is 0.550. The second-order valence-corrected chi connectivity index (χ2v) is 6.45. The van der Waals surface area contributed by atoms with E-state index >= 15 is 0 Å². The van der Waals surface area contributed by atoms with Gasteiger partial charge in [0.25, 0.3) is 0 Å². The second kappa shape index (κ2) is 8.35. The second-order valence-electron chi connectivity index (χ2n) is 6.45. The van der Waals surface area contributed by atoms with Crippen LogP contribution in [0.3, 0.4) is 0 Å². The topological polar surface area (TPSA) is 37.4 Å². The molecule has 2 rings (SSSR count). The van der Waals surface area contributed by atoms with Crippen molar-refractivity contribution in [2.24, 2.45) is 5.92 Å². The number of aromatic nitrogens is 1. The number of likely N-dealkylation sites (tertiary alicyclic amines) is 1. The van der Waals surface area contributed by atoms with E-state index in [1.54, 1.807) is 0 Å². The molecular formula is C17H29N3O. The molecule has 4 heteroatoms. The van der Waals surface area contributed by atoms with E-state index in [0.29, 0.717) is 12.0 Å². The Morgan fingerprint density at radius 3 is 3.05 bits per heavy atom. The molecule has 0 radical (unpaired) electrons. The molecule has 1 saturated heterocycles. The lowest BCUT2D eigenvalue weighted by Gasteiger charge is -2.32. The zero-order valence-electron chi connectivity index (χ0n) is 13.6. The Kier molecular flexibility index (Phi) is 6.46. The zero-order valence-corrected chi connectivity index (χ0v) is 13.6. The van der Waals surface area contributed by atoms with E-state index in [-0.39, 0.29) is 0 Å². The van der Waals surface area contributed by atoms with Gasteiger partial charge in [-0.15, -0.1) is 0 Å². The van der Waals surface area contributed by atoms with Gasteiger partial charge in [-0.3, -0.25) is 4.98 Å². The summed E-state index contributed by atoms with van der Waals surface area (Å²) in [7, 11) is 2.20. The average Bonchev–Trinajstić information content (AvgIpc) is 2.46. The van der Waals surface area contributed by atoms with Gasteiger partial charge in [0.15, 0.2) is 0 Å². The normalized spacial score (nSPS) is 19.9. The lowest BCUT2D eigenvalue weighted by molar-refractivity contribution is 0.125. The summed E-state index contributed by atoms with van der Waals surface area (Å²) >= 11 is 0. The van der Waals surface area contributed by atoms with Crippen LogP contribution in [0.4, 0.5) is 0 Å². The van der Waals surface area contributed by atoms with Crippen molar-refractivity contribution in [2.45, 2.75) is 45.7 Å². The summed E-state index contributed by atoms with van der Waals surface area (Å²) in [6.07, 6.45) is 5.71.